The summed E-state index contributed by atoms with van der Waals surface area (Å²) < 4.78 is 0. The summed E-state index contributed by atoms with van der Waals surface area (Å²) in [6, 6.07) is 10.4. The van der Waals surface area contributed by atoms with Gasteiger partial charge >= 0.3 is 0 Å². The number of nitrogens with one attached hydrogen (secondary N) is 1. The molecule has 0 spiro atoms. The molecular weight excluding hydrogens is 424 g/mol. The third kappa shape index (κ3) is 7.77. The van der Waals surface area contributed by atoms with Crippen LogP contribution in [0.15, 0.2) is 30.3 Å². The van der Waals surface area contributed by atoms with E-state index in [9.17, 15) is 5.11 Å². The SMILES string of the molecule is CCCCC[C@@](O)(c1ccccc1)[C@@H]1CCCN(C(=S)C[C@H](CNC)CC2CCCCC2)C1. The molecule has 1 aromatic rings. The number of nitrogens with zero attached hydrogens (tertiary/aromatic N) is 1. The summed E-state index contributed by atoms with van der Waals surface area (Å²) in [6.45, 7) is 5.23. The summed E-state index contributed by atoms with van der Waals surface area (Å²) in [5.41, 5.74) is 0.334. The zero-order valence-corrected chi connectivity index (χ0v) is 22.1. The van der Waals surface area contributed by atoms with Gasteiger partial charge in [-0.3, -0.25) is 0 Å². The monoisotopic (exact) mass is 472 g/mol. The second kappa shape index (κ2) is 13.8. The maximum atomic E-state index is 12.0. The second-order valence-electron chi connectivity index (χ2n) is 10.8. The van der Waals surface area contributed by atoms with Gasteiger partial charge in [-0.2, -0.15) is 0 Å². The Morgan fingerprint density at radius 2 is 1.88 bits per heavy atom. The fourth-order valence-corrected chi connectivity index (χ4v) is 6.75. The first-order valence-electron chi connectivity index (χ1n) is 13.8. The predicted octanol–water partition coefficient (Wildman–Crippen LogP) is 6.69. The zero-order valence-electron chi connectivity index (χ0n) is 21.2. The van der Waals surface area contributed by atoms with Crippen molar-refractivity contribution in [2.45, 2.75) is 96.0 Å². The number of piperidine rings is 1. The van der Waals surface area contributed by atoms with E-state index < -0.39 is 5.60 Å². The average molecular weight is 473 g/mol. The summed E-state index contributed by atoms with van der Waals surface area (Å²) in [5, 5.41) is 15.5. The van der Waals surface area contributed by atoms with Gasteiger partial charge in [0.25, 0.3) is 0 Å². The number of thiocarbonyl (C=S) groups is 1. The molecule has 3 rings (SSSR count). The Morgan fingerprint density at radius 3 is 2.58 bits per heavy atom. The van der Waals surface area contributed by atoms with E-state index in [2.05, 4.69) is 48.5 Å². The number of likely N-dealkylation sites (tertiary alicyclic amines) is 1. The van der Waals surface area contributed by atoms with Crippen LogP contribution in [0.25, 0.3) is 0 Å². The van der Waals surface area contributed by atoms with E-state index >= 15 is 0 Å². The Kier molecular flexibility index (Phi) is 11.1. The van der Waals surface area contributed by atoms with Crippen molar-refractivity contribution in [1.29, 1.82) is 0 Å². The molecular formula is C29H48N2OS. The number of unbranched alkanes of at least 4 members (excludes halogenated alkanes) is 2. The number of hydrogen-bond donors (Lipinski definition) is 2. The lowest BCUT2D eigenvalue weighted by atomic mass is 9.74. The molecule has 4 heteroatoms. The standard InChI is InChI=1S/C29H48N2OS/c1-3-4-11-18-29(32,26-15-9-6-10-16-26)27-17-12-19-31(23-27)28(33)21-25(22-30-2)20-24-13-7-5-8-14-24/h6,9-10,15-16,24-25,27,30,32H,3-5,7-8,11-14,17-23H2,1-2H3/t25-,27-,29-/m1/s1. The molecule has 186 valence electrons. The molecule has 3 atom stereocenters. The van der Waals surface area contributed by atoms with Crippen LogP contribution in [0.2, 0.25) is 0 Å². The van der Waals surface area contributed by atoms with Crippen molar-refractivity contribution < 1.29 is 5.11 Å². The summed E-state index contributed by atoms with van der Waals surface area (Å²) in [5.74, 6) is 1.75. The van der Waals surface area contributed by atoms with Crippen molar-refractivity contribution in [2.75, 3.05) is 26.7 Å². The molecule has 1 aromatic carbocycles. The first kappa shape index (κ1) is 26.6. The number of aliphatic hydroxyl groups is 1. The molecule has 1 aliphatic carbocycles. The van der Waals surface area contributed by atoms with Gasteiger partial charge in [-0.05, 0) is 56.7 Å². The Morgan fingerprint density at radius 1 is 1.12 bits per heavy atom. The van der Waals surface area contributed by atoms with Crippen molar-refractivity contribution in [3.8, 4) is 0 Å². The Labute approximate surface area is 208 Å². The number of benzene rings is 1. The van der Waals surface area contributed by atoms with Crippen LogP contribution in [0.5, 0.6) is 0 Å². The molecule has 1 aliphatic heterocycles. The van der Waals surface area contributed by atoms with Gasteiger partial charge in [0.15, 0.2) is 0 Å². The molecule has 1 saturated carbocycles. The normalized spacial score (nSPS) is 22.6. The molecule has 2 N–H and O–H groups in total. The summed E-state index contributed by atoms with van der Waals surface area (Å²) >= 11 is 6.05. The fourth-order valence-electron chi connectivity index (χ4n) is 6.35. The highest BCUT2D eigenvalue weighted by Crippen LogP contribution is 2.40. The van der Waals surface area contributed by atoms with Crippen molar-refractivity contribution in [1.82, 2.24) is 10.2 Å². The van der Waals surface area contributed by atoms with Gasteiger partial charge in [0.2, 0.25) is 0 Å². The average Bonchev–Trinajstić information content (AvgIpc) is 2.85. The zero-order chi connectivity index (χ0) is 23.5. The lowest BCUT2D eigenvalue weighted by Gasteiger charge is -2.44. The van der Waals surface area contributed by atoms with Crippen LogP contribution in [0.3, 0.4) is 0 Å². The van der Waals surface area contributed by atoms with E-state index in [4.69, 9.17) is 12.2 Å². The molecule has 0 amide bonds. The van der Waals surface area contributed by atoms with Gasteiger partial charge in [-0.1, -0.05) is 101 Å². The van der Waals surface area contributed by atoms with Crippen LogP contribution in [-0.2, 0) is 5.60 Å². The maximum Gasteiger partial charge on any atom is 0.0941 e. The van der Waals surface area contributed by atoms with Gasteiger partial charge in [-0.15, -0.1) is 0 Å². The third-order valence-electron chi connectivity index (χ3n) is 8.23. The predicted molar refractivity (Wildman–Crippen MR) is 145 cm³/mol. The van der Waals surface area contributed by atoms with Crippen molar-refractivity contribution in [3.05, 3.63) is 35.9 Å². The molecule has 0 bridgehead atoms. The van der Waals surface area contributed by atoms with E-state index in [0.717, 1.165) is 68.2 Å². The molecule has 0 unspecified atom stereocenters. The minimum atomic E-state index is -0.753. The molecule has 2 fully saturated rings. The van der Waals surface area contributed by atoms with Gasteiger partial charge < -0.3 is 15.3 Å². The minimum Gasteiger partial charge on any atom is -0.385 e. The Bertz CT molecular complexity index is 690. The summed E-state index contributed by atoms with van der Waals surface area (Å²) in [7, 11) is 2.07. The van der Waals surface area contributed by atoms with Gasteiger partial charge in [0.1, 0.15) is 0 Å². The fraction of sp³-hybridized carbons (Fsp3) is 0.759. The van der Waals surface area contributed by atoms with Crippen LogP contribution in [-0.4, -0.2) is 41.7 Å². The van der Waals surface area contributed by atoms with Crippen LogP contribution >= 0.6 is 12.2 Å². The lowest BCUT2D eigenvalue weighted by Crippen LogP contribution is -2.48. The Balaban J connectivity index is 1.65. The van der Waals surface area contributed by atoms with Crippen LogP contribution in [0.4, 0.5) is 0 Å². The minimum absolute atomic E-state index is 0.240. The summed E-state index contributed by atoms with van der Waals surface area (Å²) in [6.07, 6.45) is 15.8. The quantitative estimate of drug-likeness (QED) is 0.262. The Hall–Kier alpha value is -0.970. The molecule has 33 heavy (non-hydrogen) atoms. The number of rotatable bonds is 12. The molecule has 1 heterocycles. The van der Waals surface area contributed by atoms with E-state index in [0.29, 0.717) is 5.92 Å². The van der Waals surface area contributed by atoms with Crippen LogP contribution < -0.4 is 5.32 Å². The first-order chi connectivity index (χ1) is 16.1. The molecule has 0 radical (unpaired) electrons. The largest absolute Gasteiger partial charge is 0.385 e. The molecule has 3 nitrogen and oxygen atoms in total. The summed E-state index contributed by atoms with van der Waals surface area (Å²) in [4.78, 5) is 3.57. The van der Waals surface area contributed by atoms with Gasteiger partial charge in [-0.25, -0.2) is 0 Å². The van der Waals surface area contributed by atoms with E-state index in [1.54, 1.807) is 0 Å². The molecule has 0 aromatic heterocycles. The lowest BCUT2D eigenvalue weighted by molar-refractivity contribution is -0.0532. The van der Waals surface area contributed by atoms with Crippen molar-refractivity contribution in [2.24, 2.45) is 17.8 Å². The van der Waals surface area contributed by atoms with Gasteiger partial charge in [0, 0.05) is 25.4 Å². The van der Waals surface area contributed by atoms with Crippen LogP contribution in [0.1, 0.15) is 96.0 Å². The van der Waals surface area contributed by atoms with Gasteiger partial charge in [0.05, 0.1) is 10.6 Å². The van der Waals surface area contributed by atoms with E-state index in [1.165, 1.54) is 51.4 Å². The molecule has 2 aliphatic rings. The van der Waals surface area contributed by atoms with Crippen LogP contribution in [0, 0.1) is 17.8 Å². The second-order valence-corrected chi connectivity index (χ2v) is 11.3. The third-order valence-corrected chi connectivity index (χ3v) is 8.66. The highest BCUT2D eigenvalue weighted by atomic mass is 32.1. The highest BCUT2D eigenvalue weighted by Gasteiger charge is 2.40. The van der Waals surface area contributed by atoms with E-state index in [-0.39, 0.29) is 5.92 Å². The maximum absolute atomic E-state index is 12.0. The van der Waals surface area contributed by atoms with Crippen molar-refractivity contribution >= 4 is 17.2 Å². The van der Waals surface area contributed by atoms with Crippen molar-refractivity contribution in [3.63, 3.8) is 0 Å². The highest BCUT2D eigenvalue weighted by molar-refractivity contribution is 7.80. The van der Waals surface area contributed by atoms with E-state index in [1.807, 2.05) is 6.07 Å². The first-order valence-corrected chi connectivity index (χ1v) is 14.2. The topological polar surface area (TPSA) is 35.5 Å². The molecule has 1 saturated heterocycles. The smallest absolute Gasteiger partial charge is 0.0941 e. The number of hydrogen-bond acceptors (Lipinski definition) is 3.